The first-order chi connectivity index (χ1) is 10.7. The average Bonchev–Trinajstić information content (AvgIpc) is 2.51. The van der Waals surface area contributed by atoms with Gasteiger partial charge in [0.2, 0.25) is 11.8 Å². The second-order valence-electron chi connectivity index (χ2n) is 6.64. The highest BCUT2D eigenvalue weighted by molar-refractivity contribution is 6.31. The van der Waals surface area contributed by atoms with Crippen molar-refractivity contribution in [2.75, 3.05) is 38.5 Å². The molecule has 6 heteroatoms. The number of likely N-dealkylation sites (N-methyl/N-ethyl adjacent to an activating group) is 1. The monoisotopic (exact) mass is 337 g/mol. The summed E-state index contributed by atoms with van der Waals surface area (Å²) in [7, 11) is 2.03. The molecule has 2 amide bonds. The van der Waals surface area contributed by atoms with Crippen LogP contribution >= 0.6 is 11.6 Å². The van der Waals surface area contributed by atoms with Gasteiger partial charge in [0.05, 0.1) is 0 Å². The van der Waals surface area contributed by atoms with Crippen molar-refractivity contribution >= 4 is 29.1 Å². The largest absolute Gasteiger partial charge is 0.339 e. The van der Waals surface area contributed by atoms with E-state index >= 15 is 0 Å². The molecule has 1 aliphatic heterocycles. The fourth-order valence-corrected chi connectivity index (χ4v) is 2.64. The first-order valence-corrected chi connectivity index (χ1v) is 8.15. The van der Waals surface area contributed by atoms with Crippen LogP contribution in [0.15, 0.2) is 18.2 Å². The number of rotatable bonds is 3. The third-order valence-corrected chi connectivity index (χ3v) is 4.73. The maximum atomic E-state index is 12.7. The van der Waals surface area contributed by atoms with E-state index < -0.39 is 5.41 Å². The number of benzene rings is 1. The molecule has 1 aliphatic rings. The van der Waals surface area contributed by atoms with Gasteiger partial charge in [-0.25, -0.2) is 0 Å². The second-order valence-corrected chi connectivity index (χ2v) is 7.05. The third-order valence-electron chi connectivity index (χ3n) is 4.32. The number of halogens is 1. The molecule has 1 saturated heterocycles. The molecule has 0 atom stereocenters. The topological polar surface area (TPSA) is 52.7 Å². The van der Waals surface area contributed by atoms with E-state index in [1.807, 2.05) is 20.0 Å². The quantitative estimate of drug-likeness (QED) is 0.862. The fourth-order valence-electron chi connectivity index (χ4n) is 2.46. The van der Waals surface area contributed by atoms with E-state index in [1.165, 1.54) is 0 Å². The molecule has 0 bridgehead atoms. The van der Waals surface area contributed by atoms with E-state index in [0.717, 1.165) is 18.7 Å². The Morgan fingerprint density at radius 1 is 1.17 bits per heavy atom. The van der Waals surface area contributed by atoms with Crippen LogP contribution in [0.25, 0.3) is 0 Å². The molecule has 0 spiro atoms. The van der Waals surface area contributed by atoms with Crippen molar-refractivity contribution in [3.05, 3.63) is 28.8 Å². The number of nitrogens with one attached hydrogen (secondary N) is 1. The summed E-state index contributed by atoms with van der Waals surface area (Å²) in [6.07, 6.45) is 0. The van der Waals surface area contributed by atoms with Gasteiger partial charge < -0.3 is 15.1 Å². The van der Waals surface area contributed by atoms with E-state index in [-0.39, 0.29) is 11.8 Å². The normalized spacial score (nSPS) is 16.3. The number of nitrogens with zero attached hydrogens (tertiary/aromatic N) is 2. The minimum atomic E-state index is -1.12. The standard InChI is InChI=1S/C17H24ClN3O2/c1-12-5-6-13(11-14(12)18)19-15(22)17(2,3)16(23)21-9-7-20(4)8-10-21/h5-6,11H,7-10H2,1-4H3,(H,19,22). The van der Waals surface area contributed by atoms with Gasteiger partial charge in [0.25, 0.3) is 0 Å². The number of hydrogen-bond acceptors (Lipinski definition) is 3. The Hall–Kier alpha value is -1.59. The molecule has 0 unspecified atom stereocenters. The van der Waals surface area contributed by atoms with Crippen LogP contribution in [0.3, 0.4) is 0 Å². The lowest BCUT2D eigenvalue weighted by Gasteiger charge is -2.36. The van der Waals surface area contributed by atoms with Crippen LogP contribution in [0, 0.1) is 12.3 Å². The number of amides is 2. The van der Waals surface area contributed by atoms with Gasteiger partial charge in [0.1, 0.15) is 5.41 Å². The van der Waals surface area contributed by atoms with Gasteiger partial charge in [-0.15, -0.1) is 0 Å². The van der Waals surface area contributed by atoms with E-state index in [4.69, 9.17) is 11.6 Å². The van der Waals surface area contributed by atoms with E-state index in [1.54, 1.807) is 30.9 Å². The summed E-state index contributed by atoms with van der Waals surface area (Å²) in [4.78, 5) is 29.2. The van der Waals surface area contributed by atoms with Crippen LogP contribution in [0.5, 0.6) is 0 Å². The number of carbonyl (C=O) groups excluding carboxylic acids is 2. The third kappa shape index (κ3) is 4.03. The molecule has 1 aromatic rings. The summed E-state index contributed by atoms with van der Waals surface area (Å²) >= 11 is 6.08. The predicted octanol–water partition coefficient (Wildman–Crippen LogP) is 2.39. The summed E-state index contributed by atoms with van der Waals surface area (Å²) in [6, 6.07) is 5.33. The zero-order valence-corrected chi connectivity index (χ0v) is 14.9. The zero-order valence-electron chi connectivity index (χ0n) is 14.1. The summed E-state index contributed by atoms with van der Waals surface area (Å²) in [5, 5.41) is 3.39. The molecule has 1 heterocycles. The van der Waals surface area contributed by atoms with Crippen LogP contribution in [-0.2, 0) is 9.59 Å². The SMILES string of the molecule is Cc1ccc(NC(=O)C(C)(C)C(=O)N2CCN(C)CC2)cc1Cl. The van der Waals surface area contributed by atoms with E-state index in [0.29, 0.717) is 23.8 Å². The highest BCUT2D eigenvalue weighted by Gasteiger charge is 2.39. The molecular formula is C17H24ClN3O2. The summed E-state index contributed by atoms with van der Waals surface area (Å²) in [6.45, 7) is 8.20. The van der Waals surface area contributed by atoms with Crippen molar-refractivity contribution in [2.24, 2.45) is 5.41 Å². The smallest absolute Gasteiger partial charge is 0.239 e. The van der Waals surface area contributed by atoms with Gasteiger partial charge in [-0.1, -0.05) is 17.7 Å². The van der Waals surface area contributed by atoms with Crippen LogP contribution in [0.4, 0.5) is 5.69 Å². The molecule has 0 aliphatic carbocycles. The Kier molecular flexibility index (Phi) is 5.32. The van der Waals surface area contributed by atoms with Crippen molar-refractivity contribution in [3.63, 3.8) is 0 Å². The molecule has 0 radical (unpaired) electrons. The number of carbonyl (C=O) groups is 2. The van der Waals surface area contributed by atoms with Crippen LogP contribution in [0.1, 0.15) is 19.4 Å². The molecule has 2 rings (SSSR count). The maximum Gasteiger partial charge on any atom is 0.239 e. The number of hydrogen-bond donors (Lipinski definition) is 1. The van der Waals surface area contributed by atoms with Crippen LogP contribution in [-0.4, -0.2) is 54.8 Å². The van der Waals surface area contributed by atoms with Gasteiger partial charge in [-0.3, -0.25) is 9.59 Å². The maximum absolute atomic E-state index is 12.7. The molecule has 5 nitrogen and oxygen atoms in total. The molecule has 0 aromatic heterocycles. The Morgan fingerprint density at radius 2 is 1.78 bits per heavy atom. The summed E-state index contributed by atoms with van der Waals surface area (Å²) in [5.74, 6) is -0.456. The number of piperazine rings is 1. The molecule has 126 valence electrons. The highest BCUT2D eigenvalue weighted by Crippen LogP contribution is 2.25. The summed E-state index contributed by atoms with van der Waals surface area (Å²) < 4.78 is 0. The Morgan fingerprint density at radius 3 is 2.35 bits per heavy atom. The average molecular weight is 338 g/mol. The first-order valence-electron chi connectivity index (χ1n) is 7.77. The van der Waals surface area contributed by atoms with E-state index in [9.17, 15) is 9.59 Å². The molecule has 0 saturated carbocycles. The lowest BCUT2D eigenvalue weighted by atomic mass is 9.89. The molecule has 23 heavy (non-hydrogen) atoms. The van der Waals surface area contributed by atoms with Gasteiger partial charge >= 0.3 is 0 Å². The van der Waals surface area contributed by atoms with Crippen LogP contribution in [0.2, 0.25) is 5.02 Å². The van der Waals surface area contributed by atoms with Crippen molar-refractivity contribution < 1.29 is 9.59 Å². The van der Waals surface area contributed by atoms with E-state index in [2.05, 4.69) is 10.2 Å². The lowest BCUT2D eigenvalue weighted by molar-refractivity contribution is -0.147. The number of aryl methyl sites for hydroxylation is 1. The zero-order chi connectivity index (χ0) is 17.2. The molecule has 1 fully saturated rings. The Bertz CT molecular complexity index is 608. The predicted molar refractivity (Wildman–Crippen MR) is 92.7 cm³/mol. The Balaban J connectivity index is 2.06. The van der Waals surface area contributed by atoms with Crippen molar-refractivity contribution in [1.82, 2.24) is 9.80 Å². The van der Waals surface area contributed by atoms with Crippen molar-refractivity contribution in [3.8, 4) is 0 Å². The van der Waals surface area contributed by atoms with Gasteiger partial charge in [-0.2, -0.15) is 0 Å². The van der Waals surface area contributed by atoms with Gasteiger partial charge in [0.15, 0.2) is 0 Å². The van der Waals surface area contributed by atoms with Crippen LogP contribution < -0.4 is 5.32 Å². The van der Waals surface area contributed by atoms with Gasteiger partial charge in [-0.05, 0) is 45.5 Å². The van der Waals surface area contributed by atoms with Crippen molar-refractivity contribution in [1.29, 1.82) is 0 Å². The lowest BCUT2D eigenvalue weighted by Crippen LogP contribution is -2.53. The molecule has 1 aromatic carbocycles. The van der Waals surface area contributed by atoms with Gasteiger partial charge in [0, 0.05) is 36.9 Å². The molecular weight excluding hydrogens is 314 g/mol. The first kappa shape index (κ1) is 17.8. The van der Waals surface area contributed by atoms with Crippen molar-refractivity contribution in [2.45, 2.75) is 20.8 Å². The number of anilines is 1. The highest BCUT2D eigenvalue weighted by atomic mass is 35.5. The second kappa shape index (κ2) is 6.89. The minimum Gasteiger partial charge on any atom is -0.339 e. The fraction of sp³-hybridized carbons (Fsp3) is 0.529. The Labute approximate surface area is 142 Å². The summed E-state index contributed by atoms with van der Waals surface area (Å²) in [5.41, 5.74) is 0.426. The molecule has 1 N–H and O–H groups in total. The minimum absolute atomic E-state index is 0.138.